The van der Waals surface area contributed by atoms with Gasteiger partial charge in [0, 0.05) is 101 Å². The summed E-state index contributed by atoms with van der Waals surface area (Å²) in [5.41, 5.74) is 41.2. The van der Waals surface area contributed by atoms with Gasteiger partial charge in [-0.05, 0) is 254 Å². The number of nitrogens with zero attached hydrogens (tertiary/aromatic N) is 4. The third kappa shape index (κ3) is 11.0. The average Bonchev–Trinajstić information content (AvgIpc) is 0.831. The summed E-state index contributed by atoms with van der Waals surface area (Å²) in [5.74, 6) is 0. The Morgan fingerprint density at radius 3 is 1.10 bits per heavy atom. The summed E-state index contributed by atoms with van der Waals surface area (Å²) in [6.07, 6.45) is 0.840. The number of hydrogen-bond acceptors (Lipinski definition) is 6. The number of anilines is 12. The molecule has 4 aliphatic heterocycles. The molecular formula is C104H92B2N4O2. The smallest absolute Gasteiger partial charge is 0.252 e. The van der Waals surface area contributed by atoms with Crippen LogP contribution < -0.4 is 52.4 Å². The fourth-order valence-electron chi connectivity index (χ4n) is 19.0. The monoisotopic (exact) mass is 1450 g/mol. The summed E-state index contributed by atoms with van der Waals surface area (Å²) in [6.45, 7) is 34.8. The summed E-state index contributed by atoms with van der Waals surface area (Å²) in [7, 11) is 0. The molecule has 0 radical (unpaired) electrons. The highest BCUT2D eigenvalue weighted by Gasteiger charge is 2.47. The molecule has 20 rings (SSSR count). The van der Waals surface area contributed by atoms with Crippen molar-refractivity contribution in [1.29, 1.82) is 0 Å². The fraction of sp³-hybridized carbons (Fsp3) is 0.192. The molecule has 16 aromatic rings. The van der Waals surface area contributed by atoms with Gasteiger partial charge in [-0.2, -0.15) is 0 Å². The fourth-order valence-corrected chi connectivity index (χ4v) is 19.0. The van der Waals surface area contributed by atoms with Gasteiger partial charge < -0.3 is 28.4 Å². The first-order chi connectivity index (χ1) is 53.8. The van der Waals surface area contributed by atoms with Gasteiger partial charge in [-0.1, -0.05) is 245 Å². The second kappa shape index (κ2) is 25.0. The molecule has 0 amide bonds. The van der Waals surface area contributed by atoms with Gasteiger partial charge in [0.05, 0.1) is 0 Å². The Balaban J connectivity index is 0.626. The molecule has 112 heavy (non-hydrogen) atoms. The van der Waals surface area contributed by atoms with Crippen molar-refractivity contribution in [3.05, 3.63) is 323 Å². The first-order valence-corrected chi connectivity index (χ1v) is 40.0. The average molecular weight is 1450 g/mol. The van der Waals surface area contributed by atoms with Crippen molar-refractivity contribution in [2.75, 3.05) is 19.6 Å². The second-order valence-electron chi connectivity index (χ2n) is 36.2. The SMILES string of the molecule is Cc1ccc2c(c1)B1c3ccc(C)cc3N(c3ccc(-c4cccc5c4oc4ccccc45)cc3)c3cc(C(C)(C)C)cc(c31)N2c1ccc(C(C)(C)Cc2ccc3oc4c(-c5ccc(N6c7ccc(C)cc7B7c8ccc(C)cc8N(c8ccc(C(C)(C)C)cc8)c8cc(C(C)(C)C)cc6c87)cc5)cccc4c3c2)cc1. The van der Waals surface area contributed by atoms with Gasteiger partial charge in [-0.15, -0.1) is 0 Å². The number of hydrogen-bond donors (Lipinski definition) is 0. The number of para-hydroxylation sites is 3. The largest absolute Gasteiger partial charge is 0.455 e. The summed E-state index contributed by atoms with van der Waals surface area (Å²) in [4.78, 5) is 10.2. The third-order valence-corrected chi connectivity index (χ3v) is 24.9. The Hall–Kier alpha value is -12.0. The number of rotatable bonds is 9. The zero-order valence-electron chi connectivity index (χ0n) is 66.9. The molecule has 546 valence electrons. The van der Waals surface area contributed by atoms with E-state index in [2.05, 4.69) is 390 Å². The highest BCUT2D eigenvalue weighted by atomic mass is 16.3. The number of aryl methyl sites for hydroxylation is 4. The van der Waals surface area contributed by atoms with Crippen LogP contribution in [0.5, 0.6) is 0 Å². The van der Waals surface area contributed by atoms with Crippen LogP contribution in [0.25, 0.3) is 66.1 Å². The molecule has 0 unspecified atom stereocenters. The van der Waals surface area contributed by atoms with Crippen LogP contribution >= 0.6 is 0 Å². The number of furan rings is 2. The molecule has 0 saturated heterocycles. The molecular weight excluding hydrogens is 1360 g/mol. The van der Waals surface area contributed by atoms with E-state index in [1.54, 1.807) is 0 Å². The molecule has 2 aromatic heterocycles. The van der Waals surface area contributed by atoms with Crippen molar-refractivity contribution in [1.82, 2.24) is 0 Å². The van der Waals surface area contributed by atoms with Gasteiger partial charge in [0.15, 0.2) is 0 Å². The van der Waals surface area contributed by atoms with Gasteiger partial charge in [-0.25, -0.2) is 0 Å². The molecule has 4 aliphatic rings. The van der Waals surface area contributed by atoms with Crippen LogP contribution in [0.3, 0.4) is 0 Å². The molecule has 0 saturated carbocycles. The molecule has 0 bridgehead atoms. The van der Waals surface area contributed by atoms with Crippen LogP contribution in [0.15, 0.2) is 282 Å². The van der Waals surface area contributed by atoms with Crippen LogP contribution in [0.2, 0.25) is 0 Å². The minimum absolute atomic E-state index is 0.0142. The number of fused-ring (bicyclic) bond motifs is 14. The molecule has 14 aromatic carbocycles. The van der Waals surface area contributed by atoms with Crippen LogP contribution in [0.1, 0.15) is 126 Å². The lowest BCUT2D eigenvalue weighted by Gasteiger charge is -2.45. The first kappa shape index (κ1) is 69.2. The van der Waals surface area contributed by atoms with E-state index in [4.69, 9.17) is 8.83 Å². The Bertz CT molecular complexity index is 6580. The van der Waals surface area contributed by atoms with Crippen molar-refractivity contribution in [3.63, 3.8) is 0 Å². The van der Waals surface area contributed by atoms with Crippen molar-refractivity contribution >= 4 is 158 Å². The van der Waals surface area contributed by atoms with Crippen LogP contribution in [0.4, 0.5) is 68.2 Å². The molecule has 0 N–H and O–H groups in total. The molecule has 0 spiro atoms. The Morgan fingerprint density at radius 2 is 0.652 bits per heavy atom. The van der Waals surface area contributed by atoms with Crippen molar-refractivity contribution in [3.8, 4) is 22.3 Å². The van der Waals surface area contributed by atoms with E-state index in [9.17, 15) is 0 Å². The maximum Gasteiger partial charge on any atom is 0.252 e. The van der Waals surface area contributed by atoms with E-state index in [0.717, 1.165) is 89.6 Å². The predicted molar refractivity (Wildman–Crippen MR) is 478 cm³/mol. The topological polar surface area (TPSA) is 39.2 Å². The van der Waals surface area contributed by atoms with E-state index < -0.39 is 0 Å². The highest BCUT2D eigenvalue weighted by Crippen LogP contribution is 2.51. The van der Waals surface area contributed by atoms with E-state index in [1.165, 1.54) is 134 Å². The lowest BCUT2D eigenvalue weighted by Crippen LogP contribution is -2.61. The van der Waals surface area contributed by atoms with Gasteiger partial charge in [0.25, 0.3) is 13.4 Å². The zero-order valence-corrected chi connectivity index (χ0v) is 66.9. The van der Waals surface area contributed by atoms with Crippen molar-refractivity contribution in [2.45, 2.75) is 132 Å². The molecule has 6 heterocycles. The van der Waals surface area contributed by atoms with Crippen LogP contribution in [-0.4, -0.2) is 13.4 Å². The maximum atomic E-state index is 7.00. The van der Waals surface area contributed by atoms with Gasteiger partial charge in [0.1, 0.15) is 22.3 Å². The lowest BCUT2D eigenvalue weighted by atomic mass is 9.33. The Labute approximate surface area is 659 Å². The lowest BCUT2D eigenvalue weighted by molar-refractivity contribution is 0.522. The van der Waals surface area contributed by atoms with Crippen molar-refractivity contribution < 1.29 is 8.83 Å². The summed E-state index contributed by atoms with van der Waals surface area (Å²) < 4.78 is 13.6. The van der Waals surface area contributed by atoms with E-state index in [-0.39, 0.29) is 35.1 Å². The summed E-state index contributed by atoms with van der Waals surface area (Å²) >= 11 is 0. The Morgan fingerprint density at radius 1 is 0.277 bits per heavy atom. The molecule has 8 heteroatoms. The quantitative estimate of drug-likeness (QED) is 0.134. The first-order valence-electron chi connectivity index (χ1n) is 40.0. The van der Waals surface area contributed by atoms with E-state index in [1.807, 2.05) is 6.07 Å². The number of benzene rings is 14. The summed E-state index contributed by atoms with van der Waals surface area (Å²) in [5, 5.41) is 4.52. The minimum atomic E-state index is -0.216. The highest BCUT2D eigenvalue weighted by molar-refractivity contribution is 7.01. The second-order valence-corrected chi connectivity index (χ2v) is 36.2. The maximum absolute atomic E-state index is 7.00. The normalized spacial score (nSPS) is 13.8. The molecule has 0 fully saturated rings. The van der Waals surface area contributed by atoms with Gasteiger partial charge >= 0.3 is 0 Å². The predicted octanol–water partition coefficient (Wildman–Crippen LogP) is 24.6. The van der Waals surface area contributed by atoms with E-state index in [0.29, 0.717) is 0 Å². The van der Waals surface area contributed by atoms with E-state index >= 15 is 0 Å². The standard InChI is InChI=1S/C104H92B2N4O2/c1-62-28-49-87-85(52-62)106-84-48-27-65(4)55-90(84)110(76-43-35-69(36-44-76)101(5,6)7)94-60-71(102(8,9)10)57-91(97(94)106)107(87)73-39-31-68(32-40-73)78-22-19-24-81-82-56-66(30-51-96(82)112-100(78)81)61-104(14,15)70-37-45-75(46-38-70)108-88-50-29-63(2)53-86(88)105-83-47-26-64(3)54-89(83)109(93-59-72(103(11,12)13)58-92(108)98(93)105)74-41-33-67(34-42-74)77-21-18-23-80-79-20-16-17-25-95(79)111-99(77)80/h16-60H,61H2,1-15H3. The molecule has 0 atom stereocenters. The van der Waals surface area contributed by atoms with Crippen LogP contribution in [-0.2, 0) is 28.1 Å². The minimum Gasteiger partial charge on any atom is -0.455 e. The Kier molecular flexibility index (Phi) is 15.5. The van der Waals surface area contributed by atoms with Crippen LogP contribution in [0, 0.1) is 27.7 Å². The van der Waals surface area contributed by atoms with Crippen molar-refractivity contribution in [2.24, 2.45) is 0 Å². The van der Waals surface area contributed by atoms with Gasteiger partial charge in [0.2, 0.25) is 0 Å². The molecule has 6 nitrogen and oxygen atoms in total. The third-order valence-electron chi connectivity index (χ3n) is 24.9. The zero-order chi connectivity index (χ0) is 76.9. The summed E-state index contributed by atoms with van der Waals surface area (Å²) in [6, 6.07) is 104. The molecule has 0 aliphatic carbocycles. The van der Waals surface area contributed by atoms with Gasteiger partial charge in [-0.3, -0.25) is 0 Å².